The number of aliphatic imine (C=N–C) groups is 1. The second-order valence-corrected chi connectivity index (χ2v) is 6.40. The SMILES string of the molecule is CCNC(=NCc1ccc(C#N)cc1F)N1CCC(N2CC=CC2)C1.I. The molecule has 1 unspecified atom stereocenters. The number of nitriles is 1. The first-order chi connectivity index (χ1) is 12.2. The van der Waals surface area contributed by atoms with Crippen LogP contribution in [0.1, 0.15) is 24.5 Å². The first-order valence-electron chi connectivity index (χ1n) is 8.82. The third-order valence-electron chi connectivity index (χ3n) is 4.74. The Morgan fingerprint density at radius 2 is 2.15 bits per heavy atom. The summed E-state index contributed by atoms with van der Waals surface area (Å²) in [5.74, 6) is 0.460. The molecule has 140 valence electrons. The largest absolute Gasteiger partial charge is 0.357 e. The minimum absolute atomic E-state index is 0. The molecule has 26 heavy (non-hydrogen) atoms. The summed E-state index contributed by atoms with van der Waals surface area (Å²) in [6, 6.07) is 7.04. The highest BCUT2D eigenvalue weighted by Crippen LogP contribution is 2.18. The zero-order valence-electron chi connectivity index (χ0n) is 15.0. The molecule has 0 bridgehead atoms. The summed E-state index contributed by atoms with van der Waals surface area (Å²) in [6.07, 6.45) is 5.56. The summed E-state index contributed by atoms with van der Waals surface area (Å²) in [7, 11) is 0. The van der Waals surface area contributed by atoms with Crippen LogP contribution in [0.3, 0.4) is 0 Å². The minimum Gasteiger partial charge on any atom is -0.357 e. The zero-order chi connectivity index (χ0) is 17.6. The molecular weight excluding hydrogens is 444 g/mol. The highest BCUT2D eigenvalue weighted by atomic mass is 127. The Balaban J connectivity index is 0.00000243. The van der Waals surface area contributed by atoms with Crippen LogP contribution < -0.4 is 5.32 Å². The standard InChI is InChI=1S/C19H24FN5.HI/c1-2-22-19(23-13-16-6-5-15(12-21)11-18(16)20)25-10-7-17(14-25)24-8-3-4-9-24;/h3-6,11,17H,2,7-10,13-14H2,1H3,(H,22,23);1H. The Morgan fingerprint density at radius 1 is 1.38 bits per heavy atom. The first kappa shape index (κ1) is 20.6. The van der Waals surface area contributed by atoms with E-state index < -0.39 is 0 Å². The van der Waals surface area contributed by atoms with Crippen molar-refractivity contribution < 1.29 is 4.39 Å². The zero-order valence-corrected chi connectivity index (χ0v) is 17.3. The molecule has 3 rings (SSSR count). The van der Waals surface area contributed by atoms with Gasteiger partial charge in [-0.25, -0.2) is 9.38 Å². The van der Waals surface area contributed by atoms with Crippen molar-refractivity contribution in [3.05, 3.63) is 47.3 Å². The average Bonchev–Trinajstić information content (AvgIpc) is 3.30. The van der Waals surface area contributed by atoms with Gasteiger partial charge in [-0.1, -0.05) is 18.2 Å². The molecule has 7 heteroatoms. The van der Waals surface area contributed by atoms with Gasteiger partial charge in [0.2, 0.25) is 0 Å². The normalized spacial score (nSPS) is 20.1. The van der Waals surface area contributed by atoms with Crippen molar-refractivity contribution in [1.82, 2.24) is 15.1 Å². The van der Waals surface area contributed by atoms with E-state index in [0.29, 0.717) is 17.2 Å². The van der Waals surface area contributed by atoms with Gasteiger partial charge in [0.15, 0.2) is 5.96 Å². The van der Waals surface area contributed by atoms with E-state index in [1.54, 1.807) is 12.1 Å². The van der Waals surface area contributed by atoms with Crippen LogP contribution in [0.25, 0.3) is 0 Å². The smallest absolute Gasteiger partial charge is 0.194 e. The van der Waals surface area contributed by atoms with Gasteiger partial charge in [0.1, 0.15) is 5.82 Å². The van der Waals surface area contributed by atoms with E-state index in [9.17, 15) is 4.39 Å². The van der Waals surface area contributed by atoms with E-state index in [2.05, 4.69) is 32.3 Å². The van der Waals surface area contributed by atoms with Gasteiger partial charge in [-0.2, -0.15) is 5.26 Å². The Bertz CT molecular complexity index is 704. The van der Waals surface area contributed by atoms with E-state index in [4.69, 9.17) is 5.26 Å². The molecule has 0 amide bonds. The number of hydrogen-bond donors (Lipinski definition) is 1. The van der Waals surface area contributed by atoms with E-state index in [1.807, 2.05) is 13.0 Å². The van der Waals surface area contributed by atoms with Crippen molar-refractivity contribution in [2.75, 3.05) is 32.7 Å². The summed E-state index contributed by atoms with van der Waals surface area (Å²) >= 11 is 0. The van der Waals surface area contributed by atoms with Gasteiger partial charge in [0.25, 0.3) is 0 Å². The molecule has 0 saturated carbocycles. The molecule has 2 aliphatic rings. The Kier molecular flexibility index (Phi) is 7.85. The molecule has 0 radical (unpaired) electrons. The molecule has 1 N–H and O–H groups in total. The molecule has 5 nitrogen and oxygen atoms in total. The second-order valence-electron chi connectivity index (χ2n) is 6.40. The third kappa shape index (κ3) is 4.95. The molecule has 1 atom stereocenters. The van der Waals surface area contributed by atoms with Crippen LogP contribution >= 0.6 is 24.0 Å². The number of hydrogen-bond acceptors (Lipinski definition) is 3. The van der Waals surface area contributed by atoms with Gasteiger partial charge in [0.05, 0.1) is 18.2 Å². The molecule has 1 saturated heterocycles. The third-order valence-corrected chi connectivity index (χ3v) is 4.74. The van der Waals surface area contributed by atoms with Gasteiger partial charge in [-0.15, -0.1) is 24.0 Å². The maximum Gasteiger partial charge on any atom is 0.194 e. The lowest BCUT2D eigenvalue weighted by Crippen LogP contribution is -2.42. The topological polar surface area (TPSA) is 54.7 Å². The molecule has 2 heterocycles. The Morgan fingerprint density at radius 3 is 2.81 bits per heavy atom. The van der Waals surface area contributed by atoms with Crippen LogP contribution in [0.4, 0.5) is 4.39 Å². The molecule has 1 aromatic rings. The van der Waals surface area contributed by atoms with Gasteiger partial charge in [-0.05, 0) is 25.5 Å². The number of nitrogens with zero attached hydrogens (tertiary/aromatic N) is 4. The number of nitrogens with one attached hydrogen (secondary N) is 1. The van der Waals surface area contributed by atoms with Gasteiger partial charge >= 0.3 is 0 Å². The van der Waals surface area contributed by atoms with Crippen LogP contribution in [0.15, 0.2) is 35.3 Å². The maximum absolute atomic E-state index is 14.0. The van der Waals surface area contributed by atoms with Crippen molar-refractivity contribution in [2.24, 2.45) is 4.99 Å². The quantitative estimate of drug-likeness (QED) is 0.319. The van der Waals surface area contributed by atoms with Crippen LogP contribution in [-0.2, 0) is 6.54 Å². The van der Waals surface area contributed by atoms with Crippen molar-refractivity contribution in [3.8, 4) is 6.07 Å². The molecule has 1 aromatic carbocycles. The number of likely N-dealkylation sites (tertiary alicyclic amines) is 1. The van der Waals surface area contributed by atoms with Gasteiger partial charge in [0, 0.05) is 44.3 Å². The summed E-state index contributed by atoms with van der Waals surface area (Å²) < 4.78 is 14.0. The predicted molar refractivity (Wildman–Crippen MR) is 112 cm³/mol. The summed E-state index contributed by atoms with van der Waals surface area (Å²) in [6.45, 7) is 7.06. The van der Waals surface area contributed by atoms with Crippen molar-refractivity contribution >= 4 is 29.9 Å². The van der Waals surface area contributed by atoms with Crippen molar-refractivity contribution in [3.63, 3.8) is 0 Å². The molecule has 2 aliphatic heterocycles. The second kappa shape index (κ2) is 9.88. The highest BCUT2D eigenvalue weighted by molar-refractivity contribution is 14.0. The Hall–Kier alpha value is -1.66. The highest BCUT2D eigenvalue weighted by Gasteiger charge is 2.29. The molecule has 0 aromatic heterocycles. The van der Waals surface area contributed by atoms with E-state index >= 15 is 0 Å². The van der Waals surface area contributed by atoms with E-state index in [0.717, 1.165) is 45.1 Å². The van der Waals surface area contributed by atoms with Crippen molar-refractivity contribution in [2.45, 2.75) is 25.9 Å². The average molecular weight is 469 g/mol. The fourth-order valence-electron chi connectivity index (χ4n) is 3.36. The fraction of sp³-hybridized carbons (Fsp3) is 0.474. The van der Waals surface area contributed by atoms with Crippen molar-refractivity contribution in [1.29, 1.82) is 5.26 Å². The summed E-state index contributed by atoms with van der Waals surface area (Å²) in [5, 5.41) is 12.1. The lowest BCUT2D eigenvalue weighted by Gasteiger charge is -2.25. The lowest BCUT2D eigenvalue weighted by molar-refractivity contribution is 0.259. The number of rotatable bonds is 4. The monoisotopic (exact) mass is 469 g/mol. The first-order valence-corrected chi connectivity index (χ1v) is 8.82. The number of guanidine groups is 1. The van der Waals surface area contributed by atoms with Crippen LogP contribution in [0.5, 0.6) is 0 Å². The molecule has 0 aliphatic carbocycles. The molecule has 1 fully saturated rings. The fourth-order valence-corrected chi connectivity index (χ4v) is 3.36. The molecule has 0 spiro atoms. The molecular formula is C19H25FIN5. The van der Waals surface area contributed by atoms with Crippen LogP contribution in [0.2, 0.25) is 0 Å². The maximum atomic E-state index is 14.0. The van der Waals surface area contributed by atoms with E-state index in [-0.39, 0.29) is 36.3 Å². The van der Waals surface area contributed by atoms with Crippen LogP contribution in [0, 0.1) is 17.1 Å². The Labute approximate surface area is 171 Å². The number of benzene rings is 1. The van der Waals surface area contributed by atoms with E-state index in [1.165, 1.54) is 6.07 Å². The number of halogens is 2. The van der Waals surface area contributed by atoms with Gasteiger partial charge < -0.3 is 10.2 Å². The van der Waals surface area contributed by atoms with Gasteiger partial charge in [-0.3, -0.25) is 4.90 Å². The minimum atomic E-state index is -0.374. The summed E-state index contributed by atoms with van der Waals surface area (Å²) in [4.78, 5) is 9.35. The summed E-state index contributed by atoms with van der Waals surface area (Å²) in [5.41, 5.74) is 0.840. The predicted octanol–water partition coefficient (Wildman–Crippen LogP) is 2.73. The van der Waals surface area contributed by atoms with Crippen LogP contribution in [-0.4, -0.2) is 54.5 Å². The lowest BCUT2D eigenvalue weighted by atomic mass is 10.1.